The van der Waals surface area contributed by atoms with Crippen molar-refractivity contribution in [1.29, 1.82) is 0 Å². The lowest BCUT2D eigenvalue weighted by Crippen LogP contribution is -2.40. The smallest absolute Gasteiger partial charge is 0.336 e. The fourth-order valence-electron chi connectivity index (χ4n) is 2.92. The number of hydrogen-bond acceptors (Lipinski definition) is 4. The quantitative estimate of drug-likeness (QED) is 0.817. The van der Waals surface area contributed by atoms with Gasteiger partial charge in [0, 0.05) is 30.6 Å². The van der Waals surface area contributed by atoms with Gasteiger partial charge in [0.15, 0.2) is 6.10 Å². The predicted molar refractivity (Wildman–Crippen MR) is 87.6 cm³/mol. The van der Waals surface area contributed by atoms with Crippen LogP contribution in [0.15, 0.2) is 39.5 Å². The molecule has 1 saturated heterocycles. The lowest BCUT2D eigenvalue weighted by molar-refractivity contribution is -0.137. The van der Waals surface area contributed by atoms with Crippen molar-refractivity contribution in [3.05, 3.63) is 40.8 Å². The Morgan fingerprint density at radius 1 is 1.13 bits per heavy atom. The van der Waals surface area contributed by atoms with Crippen molar-refractivity contribution in [2.24, 2.45) is 0 Å². The Hall–Kier alpha value is -2.30. The third kappa shape index (κ3) is 3.73. The van der Waals surface area contributed by atoms with E-state index in [2.05, 4.69) is 0 Å². The molecule has 5 heteroatoms. The summed E-state index contributed by atoms with van der Waals surface area (Å²) in [5, 5.41) is 0.823. The van der Waals surface area contributed by atoms with E-state index < -0.39 is 11.7 Å². The van der Waals surface area contributed by atoms with E-state index in [0.29, 0.717) is 11.3 Å². The molecule has 1 atom stereocenters. The highest BCUT2D eigenvalue weighted by atomic mass is 16.5. The molecule has 1 aromatic carbocycles. The van der Waals surface area contributed by atoms with Gasteiger partial charge in [-0.2, -0.15) is 0 Å². The van der Waals surface area contributed by atoms with Crippen LogP contribution in [0.3, 0.4) is 0 Å². The van der Waals surface area contributed by atoms with Crippen molar-refractivity contribution in [1.82, 2.24) is 4.90 Å². The molecule has 1 unspecified atom stereocenters. The minimum absolute atomic E-state index is 0.0153. The van der Waals surface area contributed by atoms with Gasteiger partial charge in [-0.25, -0.2) is 4.79 Å². The van der Waals surface area contributed by atoms with E-state index in [1.165, 1.54) is 18.9 Å². The highest BCUT2D eigenvalue weighted by Crippen LogP contribution is 2.21. The molecule has 1 aromatic heterocycles. The van der Waals surface area contributed by atoms with E-state index in [1.807, 2.05) is 11.0 Å². The highest BCUT2D eigenvalue weighted by Gasteiger charge is 2.22. The van der Waals surface area contributed by atoms with Crippen molar-refractivity contribution in [3.8, 4) is 5.75 Å². The van der Waals surface area contributed by atoms with Crippen molar-refractivity contribution >= 4 is 16.9 Å². The molecule has 3 rings (SSSR count). The molecule has 0 aliphatic carbocycles. The van der Waals surface area contributed by atoms with Crippen LogP contribution < -0.4 is 10.4 Å². The van der Waals surface area contributed by atoms with Gasteiger partial charge in [0.2, 0.25) is 0 Å². The molecule has 0 radical (unpaired) electrons. The molecule has 0 saturated carbocycles. The molecule has 1 amide bonds. The summed E-state index contributed by atoms with van der Waals surface area (Å²) in [6, 6.07) is 8.35. The van der Waals surface area contributed by atoms with Crippen LogP contribution in [0, 0.1) is 0 Å². The maximum atomic E-state index is 12.5. The summed E-state index contributed by atoms with van der Waals surface area (Å²) in [6.45, 7) is 3.37. The summed E-state index contributed by atoms with van der Waals surface area (Å²) >= 11 is 0. The second-order valence-corrected chi connectivity index (χ2v) is 5.95. The van der Waals surface area contributed by atoms with Crippen molar-refractivity contribution in [2.75, 3.05) is 13.1 Å². The molecule has 0 spiro atoms. The lowest BCUT2D eigenvalue weighted by atomic mass is 10.2. The Bertz CT molecular complexity index is 744. The largest absolute Gasteiger partial charge is 0.481 e. The third-order valence-electron chi connectivity index (χ3n) is 4.17. The standard InChI is InChI=1S/C18H21NO4/c1-13(18(21)19-10-4-2-3-5-11-19)22-15-8-6-14-7-9-17(20)23-16(14)12-15/h6-9,12-13H,2-5,10-11H2,1H3. The number of rotatable bonds is 3. The van der Waals surface area contributed by atoms with Crippen LogP contribution in [0.5, 0.6) is 5.75 Å². The van der Waals surface area contributed by atoms with Crippen LogP contribution in [0.2, 0.25) is 0 Å². The number of fused-ring (bicyclic) bond motifs is 1. The first-order valence-corrected chi connectivity index (χ1v) is 8.13. The second-order valence-electron chi connectivity index (χ2n) is 5.95. The summed E-state index contributed by atoms with van der Waals surface area (Å²) in [6.07, 6.45) is 3.92. The Morgan fingerprint density at radius 2 is 1.83 bits per heavy atom. The van der Waals surface area contributed by atoms with Crippen LogP contribution in [0.4, 0.5) is 0 Å². The number of carbonyl (C=O) groups is 1. The molecular weight excluding hydrogens is 294 g/mol. The Labute approximate surface area is 134 Å². The van der Waals surface area contributed by atoms with E-state index in [-0.39, 0.29) is 5.91 Å². The molecule has 2 heterocycles. The normalized spacial score (nSPS) is 16.8. The SMILES string of the molecule is CC(Oc1ccc2ccc(=O)oc2c1)C(=O)N1CCCCCC1. The summed E-state index contributed by atoms with van der Waals surface area (Å²) in [5.74, 6) is 0.545. The molecular formula is C18H21NO4. The van der Waals surface area contributed by atoms with Gasteiger partial charge >= 0.3 is 5.63 Å². The lowest BCUT2D eigenvalue weighted by Gasteiger charge is -2.24. The zero-order chi connectivity index (χ0) is 16.2. The van der Waals surface area contributed by atoms with Crippen molar-refractivity contribution in [2.45, 2.75) is 38.7 Å². The minimum atomic E-state index is -0.555. The number of amides is 1. The Balaban J connectivity index is 1.72. The first-order valence-electron chi connectivity index (χ1n) is 8.13. The number of ether oxygens (including phenoxy) is 1. The maximum absolute atomic E-state index is 12.5. The molecule has 23 heavy (non-hydrogen) atoms. The van der Waals surface area contributed by atoms with Crippen LogP contribution in [-0.4, -0.2) is 30.0 Å². The maximum Gasteiger partial charge on any atom is 0.336 e. The molecule has 0 bridgehead atoms. The zero-order valence-electron chi connectivity index (χ0n) is 13.3. The average Bonchev–Trinajstić information content (AvgIpc) is 2.83. The van der Waals surface area contributed by atoms with Crippen LogP contribution in [0.1, 0.15) is 32.6 Å². The van der Waals surface area contributed by atoms with Gasteiger partial charge in [0.25, 0.3) is 5.91 Å². The first-order chi connectivity index (χ1) is 11.1. The molecule has 1 aliphatic heterocycles. The van der Waals surface area contributed by atoms with E-state index in [4.69, 9.17) is 9.15 Å². The van der Waals surface area contributed by atoms with E-state index in [0.717, 1.165) is 31.3 Å². The molecule has 1 aliphatic rings. The highest BCUT2D eigenvalue weighted by molar-refractivity contribution is 5.81. The first kappa shape index (κ1) is 15.6. The van der Waals surface area contributed by atoms with Gasteiger partial charge in [-0.3, -0.25) is 4.79 Å². The topological polar surface area (TPSA) is 59.8 Å². The average molecular weight is 315 g/mol. The summed E-state index contributed by atoms with van der Waals surface area (Å²) in [7, 11) is 0. The summed E-state index contributed by atoms with van der Waals surface area (Å²) < 4.78 is 10.9. The second kappa shape index (κ2) is 6.86. The molecule has 122 valence electrons. The zero-order valence-corrected chi connectivity index (χ0v) is 13.3. The Morgan fingerprint density at radius 3 is 2.57 bits per heavy atom. The van der Waals surface area contributed by atoms with E-state index in [1.54, 1.807) is 25.1 Å². The van der Waals surface area contributed by atoms with Gasteiger partial charge in [0.1, 0.15) is 11.3 Å². The Kier molecular flexibility index (Phi) is 4.65. The number of likely N-dealkylation sites (tertiary alicyclic amines) is 1. The summed E-state index contributed by atoms with van der Waals surface area (Å²) in [5.41, 5.74) is 0.0627. The predicted octanol–water partition coefficient (Wildman–Crippen LogP) is 2.96. The van der Waals surface area contributed by atoms with Crippen LogP contribution in [-0.2, 0) is 4.79 Å². The third-order valence-corrected chi connectivity index (χ3v) is 4.17. The van der Waals surface area contributed by atoms with Crippen LogP contribution >= 0.6 is 0 Å². The molecule has 1 fully saturated rings. The molecule has 2 aromatic rings. The van der Waals surface area contributed by atoms with Gasteiger partial charge < -0.3 is 14.1 Å². The minimum Gasteiger partial charge on any atom is -0.481 e. The van der Waals surface area contributed by atoms with Gasteiger partial charge in [-0.05, 0) is 38.0 Å². The fraction of sp³-hybridized carbons (Fsp3) is 0.444. The van der Waals surface area contributed by atoms with Crippen molar-refractivity contribution in [3.63, 3.8) is 0 Å². The number of benzene rings is 1. The van der Waals surface area contributed by atoms with Crippen molar-refractivity contribution < 1.29 is 13.9 Å². The van der Waals surface area contributed by atoms with Crippen LogP contribution in [0.25, 0.3) is 11.0 Å². The summed E-state index contributed by atoms with van der Waals surface area (Å²) in [4.78, 5) is 25.7. The van der Waals surface area contributed by atoms with E-state index in [9.17, 15) is 9.59 Å². The molecule has 0 N–H and O–H groups in total. The number of carbonyl (C=O) groups excluding carboxylic acids is 1. The molecule has 5 nitrogen and oxygen atoms in total. The number of hydrogen-bond donors (Lipinski definition) is 0. The number of nitrogens with zero attached hydrogens (tertiary/aromatic N) is 1. The van der Waals surface area contributed by atoms with E-state index >= 15 is 0 Å². The van der Waals surface area contributed by atoms with Gasteiger partial charge in [-0.15, -0.1) is 0 Å². The van der Waals surface area contributed by atoms with Gasteiger partial charge in [-0.1, -0.05) is 12.8 Å². The fourth-order valence-corrected chi connectivity index (χ4v) is 2.92. The monoisotopic (exact) mass is 315 g/mol. The van der Waals surface area contributed by atoms with Gasteiger partial charge in [0.05, 0.1) is 0 Å².